The summed E-state index contributed by atoms with van der Waals surface area (Å²) in [4.78, 5) is 13.2. The summed E-state index contributed by atoms with van der Waals surface area (Å²) in [6.07, 6.45) is 3.49. The Balaban J connectivity index is 1.75. The van der Waals surface area contributed by atoms with Crippen molar-refractivity contribution in [1.82, 2.24) is 15.0 Å². The molecule has 0 aliphatic rings. The predicted molar refractivity (Wildman–Crippen MR) is 88.8 cm³/mol. The van der Waals surface area contributed by atoms with Crippen molar-refractivity contribution in [1.29, 1.82) is 0 Å². The summed E-state index contributed by atoms with van der Waals surface area (Å²) in [5.74, 6) is 1.56. The first-order valence-corrected chi connectivity index (χ1v) is 7.87. The molecule has 0 aliphatic heterocycles. The zero-order valence-electron chi connectivity index (χ0n) is 12.4. The average molecular weight is 312 g/mol. The minimum Gasteiger partial charge on any atom is -0.492 e. The molecular weight excluding hydrogens is 296 g/mol. The Hall–Kier alpha value is -2.47. The molecule has 3 aromatic rings. The van der Waals surface area contributed by atoms with Crippen molar-refractivity contribution in [3.8, 4) is 17.1 Å². The van der Waals surface area contributed by atoms with Gasteiger partial charge in [0.2, 0.25) is 0 Å². The van der Waals surface area contributed by atoms with E-state index in [0.29, 0.717) is 6.61 Å². The predicted octanol–water partition coefficient (Wildman–Crippen LogP) is 4.05. The third-order valence-electron chi connectivity index (χ3n) is 2.96. The van der Waals surface area contributed by atoms with Gasteiger partial charge in [0.25, 0.3) is 0 Å². The van der Waals surface area contributed by atoms with Crippen LogP contribution in [0.25, 0.3) is 11.4 Å². The molecule has 0 amide bonds. The van der Waals surface area contributed by atoms with E-state index in [2.05, 4.69) is 20.3 Å². The summed E-state index contributed by atoms with van der Waals surface area (Å²) < 4.78 is 5.39. The van der Waals surface area contributed by atoms with E-state index in [1.54, 1.807) is 12.4 Å². The molecule has 22 heavy (non-hydrogen) atoms. The van der Waals surface area contributed by atoms with Gasteiger partial charge >= 0.3 is 0 Å². The van der Waals surface area contributed by atoms with Crippen LogP contribution in [0.15, 0.2) is 42.0 Å². The van der Waals surface area contributed by atoms with Gasteiger partial charge in [0, 0.05) is 11.6 Å². The number of hydrogen-bond acceptors (Lipinski definition) is 6. The maximum Gasteiger partial charge on any atom is 0.188 e. The average Bonchev–Trinajstić information content (AvgIpc) is 2.97. The first kappa shape index (κ1) is 14.5. The van der Waals surface area contributed by atoms with E-state index >= 15 is 0 Å². The quantitative estimate of drug-likeness (QED) is 0.770. The number of nitrogens with one attached hydrogen (secondary N) is 1. The van der Waals surface area contributed by atoms with E-state index in [-0.39, 0.29) is 0 Å². The van der Waals surface area contributed by atoms with E-state index in [4.69, 9.17) is 4.74 Å². The summed E-state index contributed by atoms with van der Waals surface area (Å²) in [6.45, 7) is 4.62. The summed E-state index contributed by atoms with van der Waals surface area (Å²) in [5.41, 5.74) is 2.82. The number of thiazole rings is 1. The molecule has 0 saturated carbocycles. The Labute approximate surface area is 133 Å². The van der Waals surface area contributed by atoms with Gasteiger partial charge in [0.05, 0.1) is 18.5 Å². The van der Waals surface area contributed by atoms with Crippen LogP contribution in [-0.2, 0) is 0 Å². The lowest BCUT2D eigenvalue weighted by atomic mass is 10.3. The molecule has 6 heteroatoms. The molecule has 0 saturated heterocycles. The molecule has 112 valence electrons. The normalized spacial score (nSPS) is 10.5. The number of nitrogens with zero attached hydrogens (tertiary/aromatic N) is 3. The largest absolute Gasteiger partial charge is 0.492 e. The molecule has 3 rings (SSSR count). The number of aromatic nitrogens is 3. The highest BCUT2D eigenvalue weighted by molar-refractivity contribution is 7.14. The fourth-order valence-electron chi connectivity index (χ4n) is 1.95. The van der Waals surface area contributed by atoms with Crippen molar-refractivity contribution >= 4 is 22.3 Å². The van der Waals surface area contributed by atoms with Gasteiger partial charge in [-0.1, -0.05) is 0 Å². The van der Waals surface area contributed by atoms with Gasteiger partial charge in [-0.15, -0.1) is 11.3 Å². The fraction of sp³-hybridized carbons (Fsp3) is 0.188. The second kappa shape index (κ2) is 6.53. The molecule has 1 N–H and O–H groups in total. The van der Waals surface area contributed by atoms with Crippen LogP contribution in [0, 0.1) is 6.92 Å². The zero-order chi connectivity index (χ0) is 15.4. The van der Waals surface area contributed by atoms with Crippen LogP contribution in [0.1, 0.15) is 12.5 Å². The molecule has 0 atom stereocenters. The summed E-state index contributed by atoms with van der Waals surface area (Å²) >= 11 is 1.53. The lowest BCUT2D eigenvalue weighted by Gasteiger charge is -2.03. The summed E-state index contributed by atoms with van der Waals surface area (Å²) in [5, 5.41) is 5.98. The molecule has 0 unspecified atom stereocenters. The Bertz CT molecular complexity index is 755. The van der Waals surface area contributed by atoms with Gasteiger partial charge in [0.1, 0.15) is 17.3 Å². The van der Waals surface area contributed by atoms with Crippen molar-refractivity contribution < 1.29 is 4.74 Å². The Morgan fingerprint density at radius 2 is 2.09 bits per heavy atom. The van der Waals surface area contributed by atoms with Crippen molar-refractivity contribution in [2.24, 2.45) is 0 Å². The SMILES string of the molecule is CCOc1ccc(-c2csc(Nc3cc(C)ccn3)n2)nc1. The monoisotopic (exact) mass is 312 g/mol. The molecule has 0 fully saturated rings. The first-order valence-electron chi connectivity index (χ1n) is 6.99. The maximum atomic E-state index is 5.39. The molecule has 3 heterocycles. The highest BCUT2D eigenvalue weighted by Crippen LogP contribution is 2.26. The van der Waals surface area contributed by atoms with Crippen molar-refractivity contribution in [3.63, 3.8) is 0 Å². The molecule has 0 radical (unpaired) electrons. The Morgan fingerprint density at radius 3 is 2.82 bits per heavy atom. The number of anilines is 2. The maximum absolute atomic E-state index is 5.39. The van der Waals surface area contributed by atoms with E-state index in [9.17, 15) is 0 Å². The van der Waals surface area contributed by atoms with Crippen LogP contribution in [-0.4, -0.2) is 21.6 Å². The van der Waals surface area contributed by atoms with Crippen molar-refractivity contribution in [2.45, 2.75) is 13.8 Å². The van der Waals surface area contributed by atoms with Gasteiger partial charge in [-0.05, 0) is 43.7 Å². The van der Waals surface area contributed by atoms with Gasteiger partial charge in [-0.3, -0.25) is 4.98 Å². The van der Waals surface area contributed by atoms with Crippen LogP contribution in [0.4, 0.5) is 10.9 Å². The van der Waals surface area contributed by atoms with Crippen LogP contribution >= 0.6 is 11.3 Å². The molecule has 0 spiro atoms. The number of aryl methyl sites for hydroxylation is 1. The van der Waals surface area contributed by atoms with E-state index in [1.165, 1.54) is 11.3 Å². The lowest BCUT2D eigenvalue weighted by Crippen LogP contribution is -1.94. The molecule has 3 aromatic heterocycles. The van der Waals surface area contributed by atoms with Gasteiger partial charge < -0.3 is 10.1 Å². The minimum atomic E-state index is 0.634. The van der Waals surface area contributed by atoms with Crippen LogP contribution in [0.2, 0.25) is 0 Å². The second-order valence-electron chi connectivity index (χ2n) is 4.69. The van der Waals surface area contributed by atoms with E-state index in [0.717, 1.165) is 33.7 Å². The van der Waals surface area contributed by atoms with Crippen LogP contribution < -0.4 is 10.1 Å². The topological polar surface area (TPSA) is 59.9 Å². The Morgan fingerprint density at radius 1 is 1.18 bits per heavy atom. The van der Waals surface area contributed by atoms with Crippen LogP contribution in [0.5, 0.6) is 5.75 Å². The third kappa shape index (κ3) is 3.40. The van der Waals surface area contributed by atoms with Crippen molar-refractivity contribution in [2.75, 3.05) is 11.9 Å². The third-order valence-corrected chi connectivity index (χ3v) is 3.72. The van der Waals surface area contributed by atoms with Gasteiger partial charge in [-0.2, -0.15) is 0 Å². The second-order valence-corrected chi connectivity index (χ2v) is 5.55. The Kier molecular flexibility index (Phi) is 4.29. The standard InChI is InChI=1S/C16H16N4OS/c1-3-21-12-4-5-13(18-9-12)14-10-22-16(19-14)20-15-8-11(2)6-7-17-15/h4-10H,3H2,1-2H3,(H,17,19,20). The number of hydrogen-bond donors (Lipinski definition) is 1. The van der Waals surface area contributed by atoms with Gasteiger partial charge in [0.15, 0.2) is 5.13 Å². The number of rotatable bonds is 5. The van der Waals surface area contributed by atoms with E-state index in [1.807, 2.05) is 43.5 Å². The summed E-state index contributed by atoms with van der Waals surface area (Å²) in [7, 11) is 0. The number of ether oxygens (including phenoxy) is 1. The highest BCUT2D eigenvalue weighted by atomic mass is 32.1. The van der Waals surface area contributed by atoms with Crippen LogP contribution in [0.3, 0.4) is 0 Å². The molecule has 0 aliphatic carbocycles. The highest BCUT2D eigenvalue weighted by Gasteiger charge is 2.07. The molecular formula is C16H16N4OS. The van der Waals surface area contributed by atoms with Gasteiger partial charge in [-0.25, -0.2) is 9.97 Å². The fourth-order valence-corrected chi connectivity index (χ4v) is 2.66. The van der Waals surface area contributed by atoms with E-state index < -0.39 is 0 Å². The number of pyridine rings is 2. The molecule has 0 bridgehead atoms. The summed E-state index contributed by atoms with van der Waals surface area (Å²) in [6, 6.07) is 7.76. The van der Waals surface area contributed by atoms with Crippen molar-refractivity contribution in [3.05, 3.63) is 47.6 Å². The minimum absolute atomic E-state index is 0.634. The molecule has 0 aromatic carbocycles. The lowest BCUT2D eigenvalue weighted by molar-refractivity contribution is 0.339. The molecule has 5 nitrogen and oxygen atoms in total. The smallest absolute Gasteiger partial charge is 0.188 e. The zero-order valence-corrected chi connectivity index (χ0v) is 13.2. The first-order chi connectivity index (χ1) is 10.7.